The monoisotopic (exact) mass is 592 g/mol. The number of ether oxygens (including phenoxy) is 2. The molecule has 2 aromatic carbocycles. The predicted octanol–water partition coefficient (Wildman–Crippen LogP) is 1.65. The Hall–Kier alpha value is -4.45. The van der Waals surface area contributed by atoms with Gasteiger partial charge in [0.2, 0.25) is 18.1 Å². The first kappa shape index (κ1) is 30.0. The van der Waals surface area contributed by atoms with E-state index in [9.17, 15) is 29.1 Å². The molecule has 3 fully saturated rings. The van der Waals surface area contributed by atoms with Gasteiger partial charge in [-0.1, -0.05) is 30.3 Å². The number of hydrogen-bond acceptors (Lipinski definition) is 8. The highest BCUT2D eigenvalue weighted by atomic mass is 16.7. The lowest BCUT2D eigenvalue weighted by molar-refractivity contribution is -0.177. The Bertz CT molecular complexity index is 1390. The standard InChI is InChI=1S/C31H36N4O8/c1-18-15-21(16-19(2)27(18)38)28(39)32-22-10-11-25(36)34-13-6-9-24(35(34)30(22)41)29(40)33-23-17-26(37)43-31(23)42-14-12-20-7-4-3-5-8-20/h3-5,7-8,15-16,22-24,31,38H,6,9-14,17H2,1-2H3,(H,32,39)(H,33,40)/t22-,23-,24-,31-/m0/s1. The number of nitrogens with zero attached hydrogens (tertiary/aromatic N) is 2. The molecule has 0 radical (unpaired) electrons. The third kappa shape index (κ3) is 6.64. The van der Waals surface area contributed by atoms with Gasteiger partial charge in [0.1, 0.15) is 23.9 Å². The van der Waals surface area contributed by atoms with Gasteiger partial charge in [-0.15, -0.1) is 0 Å². The van der Waals surface area contributed by atoms with Crippen LogP contribution in [-0.2, 0) is 35.1 Å². The number of phenols is 1. The van der Waals surface area contributed by atoms with E-state index in [1.807, 2.05) is 30.3 Å². The van der Waals surface area contributed by atoms with Gasteiger partial charge in [0.05, 0.1) is 13.0 Å². The first-order valence-corrected chi connectivity index (χ1v) is 14.5. The molecule has 4 amide bonds. The Balaban J connectivity index is 1.27. The van der Waals surface area contributed by atoms with Crippen LogP contribution >= 0.6 is 0 Å². The molecule has 0 aromatic heterocycles. The zero-order chi connectivity index (χ0) is 30.7. The fraction of sp³-hybridized carbons (Fsp3) is 0.452. The van der Waals surface area contributed by atoms with Crippen LogP contribution in [0.5, 0.6) is 5.75 Å². The fourth-order valence-corrected chi connectivity index (χ4v) is 5.76. The van der Waals surface area contributed by atoms with Crippen molar-refractivity contribution < 1.29 is 38.6 Å². The number of aromatic hydroxyl groups is 1. The van der Waals surface area contributed by atoms with Crippen molar-refractivity contribution in [3.05, 3.63) is 64.7 Å². The minimum atomic E-state index is -1.05. The summed E-state index contributed by atoms with van der Waals surface area (Å²) in [7, 11) is 0. The van der Waals surface area contributed by atoms with Gasteiger partial charge in [0, 0.05) is 18.5 Å². The summed E-state index contributed by atoms with van der Waals surface area (Å²) in [6.45, 7) is 3.88. The Labute approximate surface area is 249 Å². The molecule has 0 unspecified atom stereocenters. The summed E-state index contributed by atoms with van der Waals surface area (Å²) in [6, 6.07) is 9.88. The Kier molecular flexibility index (Phi) is 8.95. The quantitative estimate of drug-likeness (QED) is 0.391. The maximum atomic E-state index is 13.8. The maximum Gasteiger partial charge on any atom is 0.310 e. The van der Waals surface area contributed by atoms with Crippen molar-refractivity contribution in [1.82, 2.24) is 20.7 Å². The predicted molar refractivity (Wildman–Crippen MR) is 152 cm³/mol. The van der Waals surface area contributed by atoms with Crippen molar-refractivity contribution >= 4 is 29.6 Å². The van der Waals surface area contributed by atoms with E-state index in [2.05, 4.69) is 10.6 Å². The van der Waals surface area contributed by atoms with Gasteiger partial charge in [0.15, 0.2) is 0 Å². The smallest absolute Gasteiger partial charge is 0.310 e. The molecule has 12 heteroatoms. The second kappa shape index (κ2) is 12.8. The van der Waals surface area contributed by atoms with Gasteiger partial charge in [-0.3, -0.25) is 29.0 Å². The zero-order valence-corrected chi connectivity index (χ0v) is 24.2. The van der Waals surface area contributed by atoms with Crippen LogP contribution in [0, 0.1) is 13.8 Å². The van der Waals surface area contributed by atoms with Crippen LogP contribution in [0.2, 0.25) is 0 Å². The van der Waals surface area contributed by atoms with E-state index < -0.39 is 48.1 Å². The molecule has 3 N–H and O–H groups in total. The van der Waals surface area contributed by atoms with Gasteiger partial charge in [0.25, 0.3) is 11.8 Å². The minimum absolute atomic E-state index is 0.0114. The number of aryl methyl sites for hydroxylation is 2. The first-order chi connectivity index (χ1) is 20.6. The molecule has 4 atom stereocenters. The number of hydrazine groups is 1. The summed E-state index contributed by atoms with van der Waals surface area (Å²) in [5, 5.41) is 18.1. The summed E-state index contributed by atoms with van der Waals surface area (Å²) in [5.41, 5.74) is 2.35. The van der Waals surface area contributed by atoms with Crippen molar-refractivity contribution in [3.63, 3.8) is 0 Å². The molecule has 3 saturated heterocycles. The minimum Gasteiger partial charge on any atom is -0.507 e. The normalized spacial score (nSPS) is 23.8. The zero-order valence-electron chi connectivity index (χ0n) is 24.2. The Morgan fingerprint density at radius 2 is 1.77 bits per heavy atom. The molecule has 0 saturated carbocycles. The van der Waals surface area contributed by atoms with Crippen LogP contribution in [0.3, 0.4) is 0 Å². The van der Waals surface area contributed by atoms with Crippen molar-refractivity contribution in [1.29, 1.82) is 0 Å². The lowest BCUT2D eigenvalue weighted by atomic mass is 10.0. The molecule has 2 aromatic rings. The largest absolute Gasteiger partial charge is 0.507 e. The van der Waals surface area contributed by atoms with Gasteiger partial charge in [-0.2, -0.15) is 0 Å². The van der Waals surface area contributed by atoms with E-state index in [4.69, 9.17) is 9.47 Å². The fourth-order valence-electron chi connectivity index (χ4n) is 5.76. The molecule has 0 spiro atoms. The molecule has 3 heterocycles. The van der Waals surface area contributed by atoms with E-state index in [0.29, 0.717) is 30.4 Å². The average molecular weight is 593 g/mol. The van der Waals surface area contributed by atoms with Crippen molar-refractivity contribution in [2.24, 2.45) is 0 Å². The number of nitrogens with one attached hydrogen (secondary N) is 2. The van der Waals surface area contributed by atoms with Crippen molar-refractivity contribution in [2.75, 3.05) is 13.2 Å². The molecule has 43 heavy (non-hydrogen) atoms. The summed E-state index contributed by atoms with van der Waals surface area (Å²) >= 11 is 0. The topological polar surface area (TPSA) is 155 Å². The number of carbonyl (C=O) groups is 5. The van der Waals surface area contributed by atoms with E-state index in [1.165, 1.54) is 17.1 Å². The summed E-state index contributed by atoms with van der Waals surface area (Å²) in [5.74, 6) is -2.38. The lowest BCUT2D eigenvalue weighted by Crippen LogP contribution is -2.64. The number of benzene rings is 2. The second-order valence-corrected chi connectivity index (χ2v) is 11.2. The first-order valence-electron chi connectivity index (χ1n) is 14.5. The Morgan fingerprint density at radius 3 is 2.49 bits per heavy atom. The van der Waals surface area contributed by atoms with Crippen LogP contribution in [0.4, 0.5) is 0 Å². The number of hydrogen-bond donors (Lipinski definition) is 3. The van der Waals surface area contributed by atoms with Crippen molar-refractivity contribution in [3.8, 4) is 5.75 Å². The SMILES string of the molecule is Cc1cc(C(=O)N[C@H]2CCC(=O)N3CCC[C@@H](C(=O)N[C@H]4CC(=O)O[C@@H]4OCCc4ccccc4)N3C2=O)cc(C)c1O. The third-order valence-electron chi connectivity index (χ3n) is 8.03. The van der Waals surface area contributed by atoms with Crippen LogP contribution in [0.1, 0.15) is 59.2 Å². The number of amides is 4. The highest BCUT2D eigenvalue weighted by Gasteiger charge is 2.46. The van der Waals surface area contributed by atoms with E-state index in [1.54, 1.807) is 13.8 Å². The van der Waals surface area contributed by atoms with Crippen LogP contribution in [0.25, 0.3) is 0 Å². The summed E-state index contributed by atoms with van der Waals surface area (Å²) in [4.78, 5) is 65.7. The molecule has 12 nitrogen and oxygen atoms in total. The van der Waals surface area contributed by atoms with Gasteiger partial charge < -0.3 is 25.2 Å². The van der Waals surface area contributed by atoms with E-state index in [0.717, 1.165) is 10.6 Å². The van der Waals surface area contributed by atoms with Crippen LogP contribution in [0.15, 0.2) is 42.5 Å². The molecular weight excluding hydrogens is 556 g/mol. The van der Waals surface area contributed by atoms with Gasteiger partial charge in [-0.25, -0.2) is 5.01 Å². The average Bonchev–Trinajstić information content (AvgIpc) is 3.29. The lowest BCUT2D eigenvalue weighted by Gasteiger charge is -2.43. The highest BCUT2D eigenvalue weighted by Crippen LogP contribution is 2.27. The molecule has 3 aliphatic heterocycles. The molecule has 3 aliphatic rings. The number of rotatable bonds is 8. The maximum absolute atomic E-state index is 13.8. The number of carbonyl (C=O) groups excluding carboxylic acids is 5. The van der Waals surface area contributed by atoms with Gasteiger partial charge >= 0.3 is 5.97 Å². The van der Waals surface area contributed by atoms with Crippen LogP contribution < -0.4 is 10.6 Å². The molecule has 228 valence electrons. The number of cyclic esters (lactones) is 1. The van der Waals surface area contributed by atoms with Crippen LogP contribution in [-0.4, -0.2) is 82.3 Å². The highest BCUT2D eigenvalue weighted by molar-refractivity contribution is 6.00. The second-order valence-electron chi connectivity index (χ2n) is 11.2. The summed E-state index contributed by atoms with van der Waals surface area (Å²) < 4.78 is 11.1. The molecule has 5 rings (SSSR count). The Morgan fingerprint density at radius 1 is 1.05 bits per heavy atom. The van der Waals surface area contributed by atoms with E-state index >= 15 is 0 Å². The number of fused-ring (bicyclic) bond motifs is 1. The van der Waals surface area contributed by atoms with E-state index in [-0.39, 0.29) is 49.6 Å². The number of esters is 1. The molecule has 0 bridgehead atoms. The number of phenolic OH excluding ortho intramolecular Hbond substituents is 1. The molecule has 0 aliphatic carbocycles. The van der Waals surface area contributed by atoms with Gasteiger partial charge in [-0.05, 0) is 68.4 Å². The van der Waals surface area contributed by atoms with Crippen molar-refractivity contribution in [2.45, 2.75) is 76.8 Å². The third-order valence-corrected chi connectivity index (χ3v) is 8.03. The molecular formula is C31H36N4O8. The summed E-state index contributed by atoms with van der Waals surface area (Å²) in [6.07, 6.45) is 0.391.